The molecule has 2 heterocycles. The molecular weight excluding hydrogens is 341 g/mol. The first-order valence-corrected chi connectivity index (χ1v) is 6.87. The van der Waals surface area contributed by atoms with Crippen LogP contribution in [0.15, 0.2) is 34.1 Å². The van der Waals surface area contributed by atoms with E-state index in [1.807, 2.05) is 12.1 Å². The molecule has 3 aromatic rings. The Kier molecular flexibility index (Phi) is 2.90. The Bertz CT molecular complexity index is 745. The van der Waals surface area contributed by atoms with Crippen molar-refractivity contribution in [1.82, 2.24) is 9.97 Å². The molecule has 1 aromatic carbocycles. The van der Waals surface area contributed by atoms with Crippen LogP contribution in [0.25, 0.3) is 21.7 Å². The number of imidazole rings is 1. The number of hydrogen-bond donors (Lipinski definition) is 1. The lowest BCUT2D eigenvalue weighted by molar-refractivity contribution is -0.137. The first kappa shape index (κ1) is 12.7. The molecule has 2 nitrogen and oxygen atoms in total. The number of rotatable bonds is 1. The zero-order valence-corrected chi connectivity index (χ0v) is 11.7. The van der Waals surface area contributed by atoms with Gasteiger partial charge in [-0.2, -0.15) is 13.2 Å². The van der Waals surface area contributed by atoms with Crippen molar-refractivity contribution in [2.75, 3.05) is 0 Å². The summed E-state index contributed by atoms with van der Waals surface area (Å²) in [5.41, 5.74) is 0.226. The van der Waals surface area contributed by atoms with E-state index in [4.69, 9.17) is 0 Å². The highest BCUT2D eigenvalue weighted by Crippen LogP contribution is 2.33. The quantitative estimate of drug-likeness (QED) is 0.654. The Labute approximate surface area is 118 Å². The molecule has 0 saturated carbocycles. The van der Waals surface area contributed by atoms with Gasteiger partial charge in [0.05, 0.1) is 25.3 Å². The van der Waals surface area contributed by atoms with Gasteiger partial charge < -0.3 is 4.98 Å². The van der Waals surface area contributed by atoms with E-state index in [1.165, 1.54) is 17.4 Å². The maximum atomic E-state index is 12.6. The van der Waals surface area contributed by atoms with Crippen LogP contribution in [0.3, 0.4) is 0 Å². The van der Waals surface area contributed by atoms with Crippen molar-refractivity contribution in [3.63, 3.8) is 0 Å². The minimum absolute atomic E-state index is 0.384. The van der Waals surface area contributed by atoms with E-state index in [2.05, 4.69) is 25.9 Å². The largest absolute Gasteiger partial charge is 0.416 e. The Morgan fingerprint density at radius 2 is 1.95 bits per heavy atom. The Hall–Kier alpha value is -1.34. The molecule has 0 amide bonds. The third kappa shape index (κ3) is 2.40. The molecule has 1 N–H and O–H groups in total. The number of aromatic nitrogens is 2. The van der Waals surface area contributed by atoms with Crippen molar-refractivity contribution >= 4 is 38.3 Å². The van der Waals surface area contributed by atoms with E-state index in [0.29, 0.717) is 16.9 Å². The standard InChI is InChI=1S/C12H6BrF3N2S/c13-10-4-3-9(19-10)11-17-7-2-1-6(12(14,15)16)5-8(7)18-11/h1-5H,(H,17,18). The van der Waals surface area contributed by atoms with Gasteiger partial charge in [-0.25, -0.2) is 4.98 Å². The average Bonchev–Trinajstić information content (AvgIpc) is 2.92. The van der Waals surface area contributed by atoms with Crippen LogP contribution in [0.1, 0.15) is 5.56 Å². The molecule has 0 radical (unpaired) electrons. The van der Waals surface area contributed by atoms with E-state index in [1.54, 1.807) is 0 Å². The Balaban J connectivity index is 2.11. The number of H-pyrrole nitrogens is 1. The fourth-order valence-corrected chi connectivity index (χ4v) is 3.08. The average molecular weight is 347 g/mol. The summed E-state index contributed by atoms with van der Waals surface area (Å²) in [6.45, 7) is 0. The smallest absolute Gasteiger partial charge is 0.337 e. The summed E-state index contributed by atoms with van der Waals surface area (Å²) in [5.74, 6) is 0.574. The zero-order valence-electron chi connectivity index (χ0n) is 9.25. The number of thiophene rings is 1. The SMILES string of the molecule is FC(F)(F)c1ccc2nc(-c3ccc(Br)s3)[nH]c2c1. The van der Waals surface area contributed by atoms with Gasteiger partial charge in [0.1, 0.15) is 5.82 Å². The van der Waals surface area contributed by atoms with Gasteiger partial charge in [-0.15, -0.1) is 11.3 Å². The maximum Gasteiger partial charge on any atom is 0.416 e. The van der Waals surface area contributed by atoms with Crippen LogP contribution >= 0.6 is 27.3 Å². The Morgan fingerprint density at radius 1 is 1.16 bits per heavy atom. The number of hydrogen-bond acceptors (Lipinski definition) is 2. The zero-order chi connectivity index (χ0) is 13.6. The van der Waals surface area contributed by atoms with Crippen molar-refractivity contribution in [3.05, 3.63) is 39.7 Å². The van der Waals surface area contributed by atoms with Crippen molar-refractivity contribution in [2.24, 2.45) is 0 Å². The summed E-state index contributed by atoms with van der Waals surface area (Å²) >= 11 is 4.81. The fraction of sp³-hybridized carbons (Fsp3) is 0.0833. The maximum absolute atomic E-state index is 12.6. The van der Waals surface area contributed by atoms with Gasteiger partial charge in [0.15, 0.2) is 0 Å². The first-order valence-electron chi connectivity index (χ1n) is 5.26. The van der Waals surface area contributed by atoms with Gasteiger partial charge in [-0.05, 0) is 46.3 Å². The van der Waals surface area contributed by atoms with E-state index < -0.39 is 11.7 Å². The molecule has 0 aliphatic carbocycles. The number of nitrogens with one attached hydrogen (secondary N) is 1. The normalized spacial score (nSPS) is 12.2. The predicted octanol–water partition coefficient (Wildman–Crippen LogP) is 5.07. The van der Waals surface area contributed by atoms with Crippen molar-refractivity contribution < 1.29 is 13.2 Å². The van der Waals surface area contributed by atoms with Gasteiger partial charge in [0.25, 0.3) is 0 Å². The lowest BCUT2D eigenvalue weighted by Gasteiger charge is -2.05. The summed E-state index contributed by atoms with van der Waals surface area (Å²) in [7, 11) is 0. The molecular formula is C12H6BrF3N2S. The molecule has 0 saturated heterocycles. The van der Waals surface area contributed by atoms with Gasteiger partial charge in [0, 0.05) is 0 Å². The molecule has 7 heteroatoms. The van der Waals surface area contributed by atoms with Crippen LogP contribution in [0.5, 0.6) is 0 Å². The number of halogens is 4. The minimum Gasteiger partial charge on any atom is -0.337 e. The van der Waals surface area contributed by atoms with Crippen molar-refractivity contribution in [3.8, 4) is 10.7 Å². The molecule has 19 heavy (non-hydrogen) atoms. The monoisotopic (exact) mass is 346 g/mol. The summed E-state index contributed by atoms with van der Waals surface area (Å²) < 4.78 is 38.8. The van der Waals surface area contributed by atoms with Crippen LogP contribution in [0.2, 0.25) is 0 Å². The summed E-state index contributed by atoms with van der Waals surface area (Å²) in [5, 5.41) is 0. The van der Waals surface area contributed by atoms with Crippen molar-refractivity contribution in [2.45, 2.75) is 6.18 Å². The van der Waals surface area contributed by atoms with Gasteiger partial charge in [0.2, 0.25) is 0 Å². The molecule has 0 unspecified atom stereocenters. The number of benzene rings is 1. The number of aromatic amines is 1. The first-order chi connectivity index (χ1) is 8.93. The number of nitrogens with zero attached hydrogens (tertiary/aromatic N) is 1. The van der Waals surface area contributed by atoms with Crippen LogP contribution < -0.4 is 0 Å². The van der Waals surface area contributed by atoms with E-state index >= 15 is 0 Å². The second-order valence-electron chi connectivity index (χ2n) is 3.92. The molecule has 98 valence electrons. The molecule has 0 fully saturated rings. The summed E-state index contributed by atoms with van der Waals surface area (Å²) in [4.78, 5) is 8.07. The molecule has 0 bridgehead atoms. The number of alkyl halides is 3. The van der Waals surface area contributed by atoms with E-state index in [0.717, 1.165) is 20.8 Å². The molecule has 3 rings (SSSR count). The molecule has 2 aromatic heterocycles. The third-order valence-electron chi connectivity index (χ3n) is 2.62. The van der Waals surface area contributed by atoms with Gasteiger partial charge in [-0.3, -0.25) is 0 Å². The van der Waals surface area contributed by atoms with Crippen LogP contribution in [-0.2, 0) is 6.18 Å². The highest BCUT2D eigenvalue weighted by molar-refractivity contribution is 9.11. The molecule has 0 atom stereocenters. The highest BCUT2D eigenvalue weighted by atomic mass is 79.9. The van der Waals surface area contributed by atoms with Crippen LogP contribution in [0, 0.1) is 0 Å². The minimum atomic E-state index is -4.34. The lowest BCUT2D eigenvalue weighted by Crippen LogP contribution is -2.04. The predicted molar refractivity (Wildman–Crippen MR) is 72.1 cm³/mol. The summed E-state index contributed by atoms with van der Waals surface area (Å²) in [6, 6.07) is 7.22. The molecule has 0 aliphatic heterocycles. The molecule has 0 spiro atoms. The van der Waals surface area contributed by atoms with Gasteiger partial charge in [-0.1, -0.05) is 0 Å². The topological polar surface area (TPSA) is 28.7 Å². The highest BCUT2D eigenvalue weighted by Gasteiger charge is 2.30. The Morgan fingerprint density at radius 3 is 2.58 bits per heavy atom. The van der Waals surface area contributed by atoms with Crippen LogP contribution in [-0.4, -0.2) is 9.97 Å². The second kappa shape index (κ2) is 4.35. The van der Waals surface area contributed by atoms with Crippen molar-refractivity contribution in [1.29, 1.82) is 0 Å². The third-order valence-corrected chi connectivity index (χ3v) is 4.25. The summed E-state index contributed by atoms with van der Waals surface area (Å²) in [6.07, 6.45) is -4.34. The second-order valence-corrected chi connectivity index (χ2v) is 6.38. The lowest BCUT2D eigenvalue weighted by atomic mass is 10.2. The van der Waals surface area contributed by atoms with Gasteiger partial charge >= 0.3 is 6.18 Å². The van der Waals surface area contributed by atoms with Crippen LogP contribution in [0.4, 0.5) is 13.2 Å². The van der Waals surface area contributed by atoms with E-state index in [-0.39, 0.29) is 0 Å². The molecule has 0 aliphatic rings. The number of fused-ring (bicyclic) bond motifs is 1. The van der Waals surface area contributed by atoms with E-state index in [9.17, 15) is 13.2 Å². The fourth-order valence-electron chi connectivity index (χ4n) is 1.74.